The van der Waals surface area contributed by atoms with Gasteiger partial charge in [-0.1, -0.05) is 36.8 Å². The van der Waals surface area contributed by atoms with Crippen molar-refractivity contribution in [2.45, 2.75) is 52.0 Å². The summed E-state index contributed by atoms with van der Waals surface area (Å²) in [6.45, 7) is 5.69. The van der Waals surface area contributed by atoms with Gasteiger partial charge >= 0.3 is 0 Å². The van der Waals surface area contributed by atoms with E-state index in [1.54, 1.807) is 0 Å². The van der Waals surface area contributed by atoms with Crippen LogP contribution >= 0.6 is 0 Å². The third-order valence-electron chi connectivity index (χ3n) is 4.94. The molecule has 3 rings (SSSR count). The van der Waals surface area contributed by atoms with Crippen LogP contribution in [-0.2, 0) is 0 Å². The Bertz CT molecular complexity index is 388. The first kappa shape index (κ1) is 13.2. The minimum atomic E-state index is 0.542. The number of hydrogen-bond acceptors (Lipinski definition) is 1. The Morgan fingerprint density at radius 2 is 1.63 bits per heavy atom. The number of hydrogen-bond donors (Lipinski definition) is 1. The minimum absolute atomic E-state index is 0.542. The summed E-state index contributed by atoms with van der Waals surface area (Å²) in [5.74, 6) is 3.07. The zero-order valence-corrected chi connectivity index (χ0v) is 12.4. The van der Waals surface area contributed by atoms with E-state index in [1.165, 1.54) is 49.8 Å². The van der Waals surface area contributed by atoms with Crippen LogP contribution in [0, 0.1) is 24.7 Å². The molecule has 2 saturated carbocycles. The molecule has 0 saturated heterocycles. The highest BCUT2D eigenvalue weighted by Crippen LogP contribution is 2.49. The van der Waals surface area contributed by atoms with Crippen molar-refractivity contribution in [1.82, 2.24) is 5.32 Å². The van der Waals surface area contributed by atoms with E-state index in [0.29, 0.717) is 6.04 Å². The van der Waals surface area contributed by atoms with Gasteiger partial charge < -0.3 is 5.32 Å². The molecule has 2 aliphatic carbocycles. The fraction of sp³-hybridized carbons (Fsp3) is 0.667. The molecule has 1 unspecified atom stereocenters. The SMILES string of the molecule is CCC(NCC(C1CC1)C1CC1)c1ccc(C)cc1. The highest BCUT2D eigenvalue weighted by Gasteiger charge is 2.41. The van der Waals surface area contributed by atoms with Crippen LogP contribution in [0.3, 0.4) is 0 Å². The van der Waals surface area contributed by atoms with E-state index < -0.39 is 0 Å². The van der Waals surface area contributed by atoms with E-state index in [1.807, 2.05) is 0 Å². The summed E-state index contributed by atoms with van der Waals surface area (Å²) in [4.78, 5) is 0. The van der Waals surface area contributed by atoms with Gasteiger partial charge in [-0.15, -0.1) is 0 Å². The summed E-state index contributed by atoms with van der Waals surface area (Å²) in [7, 11) is 0. The van der Waals surface area contributed by atoms with Crippen molar-refractivity contribution in [2.75, 3.05) is 6.54 Å². The molecule has 2 aliphatic rings. The molecule has 0 amide bonds. The quantitative estimate of drug-likeness (QED) is 0.760. The summed E-state index contributed by atoms with van der Waals surface area (Å²) < 4.78 is 0. The molecule has 1 aromatic carbocycles. The van der Waals surface area contributed by atoms with Gasteiger partial charge in [-0.05, 0) is 68.9 Å². The monoisotopic (exact) mass is 257 g/mol. The molecule has 0 heterocycles. The van der Waals surface area contributed by atoms with Crippen LogP contribution in [0.15, 0.2) is 24.3 Å². The lowest BCUT2D eigenvalue weighted by Gasteiger charge is -2.22. The Hall–Kier alpha value is -0.820. The Labute approximate surface area is 117 Å². The van der Waals surface area contributed by atoms with E-state index >= 15 is 0 Å². The van der Waals surface area contributed by atoms with Crippen LogP contribution in [0.2, 0.25) is 0 Å². The maximum absolute atomic E-state index is 3.85. The molecule has 1 aromatic rings. The normalized spacial score (nSPS) is 20.8. The van der Waals surface area contributed by atoms with Crippen molar-refractivity contribution in [1.29, 1.82) is 0 Å². The van der Waals surface area contributed by atoms with Gasteiger partial charge in [0, 0.05) is 6.04 Å². The van der Waals surface area contributed by atoms with Crippen LogP contribution < -0.4 is 5.32 Å². The smallest absolute Gasteiger partial charge is 0.0317 e. The highest BCUT2D eigenvalue weighted by atomic mass is 14.9. The summed E-state index contributed by atoms with van der Waals surface area (Å²) >= 11 is 0. The van der Waals surface area contributed by atoms with Gasteiger partial charge in [0.2, 0.25) is 0 Å². The highest BCUT2D eigenvalue weighted by molar-refractivity contribution is 5.24. The van der Waals surface area contributed by atoms with Crippen molar-refractivity contribution >= 4 is 0 Å². The molecule has 19 heavy (non-hydrogen) atoms. The molecule has 0 bridgehead atoms. The first-order valence-corrected chi connectivity index (χ1v) is 8.08. The molecule has 1 atom stereocenters. The standard InChI is InChI=1S/C18H27N/c1-3-18(16-6-4-13(2)5-7-16)19-12-17(14-8-9-14)15-10-11-15/h4-7,14-15,17-19H,3,8-12H2,1-2H3. The number of aryl methyl sites for hydroxylation is 1. The van der Waals surface area contributed by atoms with E-state index in [-0.39, 0.29) is 0 Å². The molecule has 0 aromatic heterocycles. The Morgan fingerprint density at radius 1 is 1.05 bits per heavy atom. The first-order valence-electron chi connectivity index (χ1n) is 8.08. The van der Waals surface area contributed by atoms with Crippen LogP contribution in [0.25, 0.3) is 0 Å². The molecule has 2 fully saturated rings. The number of nitrogens with one attached hydrogen (secondary N) is 1. The lowest BCUT2D eigenvalue weighted by atomic mass is 9.96. The molecular formula is C18H27N. The van der Waals surface area contributed by atoms with Gasteiger partial charge in [0.15, 0.2) is 0 Å². The van der Waals surface area contributed by atoms with Gasteiger partial charge in [0.1, 0.15) is 0 Å². The topological polar surface area (TPSA) is 12.0 Å². The number of rotatable bonds is 7. The average Bonchev–Trinajstić information content (AvgIpc) is 3.28. The van der Waals surface area contributed by atoms with Crippen LogP contribution in [0.4, 0.5) is 0 Å². The second-order valence-electron chi connectivity index (χ2n) is 6.62. The predicted molar refractivity (Wildman–Crippen MR) is 81.2 cm³/mol. The summed E-state index contributed by atoms with van der Waals surface area (Å²) in [6.07, 6.45) is 7.15. The Balaban J connectivity index is 1.58. The molecular weight excluding hydrogens is 230 g/mol. The van der Waals surface area contributed by atoms with Crippen molar-refractivity contribution in [3.63, 3.8) is 0 Å². The predicted octanol–water partition coefficient (Wildman–Crippen LogP) is 4.47. The molecule has 0 spiro atoms. The van der Waals surface area contributed by atoms with E-state index in [2.05, 4.69) is 43.4 Å². The Morgan fingerprint density at radius 3 is 2.11 bits per heavy atom. The summed E-state index contributed by atoms with van der Waals surface area (Å²) in [5, 5.41) is 3.85. The first-order chi connectivity index (χ1) is 9.28. The van der Waals surface area contributed by atoms with E-state index in [9.17, 15) is 0 Å². The van der Waals surface area contributed by atoms with Crippen molar-refractivity contribution in [2.24, 2.45) is 17.8 Å². The largest absolute Gasteiger partial charge is 0.310 e. The average molecular weight is 257 g/mol. The van der Waals surface area contributed by atoms with Gasteiger partial charge in [-0.25, -0.2) is 0 Å². The maximum atomic E-state index is 3.85. The number of benzene rings is 1. The lowest BCUT2D eigenvalue weighted by molar-refractivity contribution is 0.353. The van der Waals surface area contributed by atoms with Crippen LogP contribution in [0.1, 0.15) is 56.2 Å². The van der Waals surface area contributed by atoms with Gasteiger partial charge in [0.25, 0.3) is 0 Å². The lowest BCUT2D eigenvalue weighted by Crippen LogP contribution is -2.29. The van der Waals surface area contributed by atoms with Crippen LogP contribution in [0.5, 0.6) is 0 Å². The second kappa shape index (κ2) is 5.66. The summed E-state index contributed by atoms with van der Waals surface area (Å²) in [5.41, 5.74) is 2.81. The molecule has 0 aliphatic heterocycles. The van der Waals surface area contributed by atoms with E-state index in [0.717, 1.165) is 17.8 Å². The second-order valence-corrected chi connectivity index (χ2v) is 6.62. The van der Waals surface area contributed by atoms with Crippen LogP contribution in [-0.4, -0.2) is 6.54 Å². The van der Waals surface area contributed by atoms with Crippen molar-refractivity contribution in [3.05, 3.63) is 35.4 Å². The van der Waals surface area contributed by atoms with Gasteiger partial charge in [-0.3, -0.25) is 0 Å². The molecule has 0 radical (unpaired) electrons. The molecule has 1 nitrogen and oxygen atoms in total. The fourth-order valence-electron chi connectivity index (χ4n) is 3.34. The zero-order chi connectivity index (χ0) is 13.2. The van der Waals surface area contributed by atoms with Crippen molar-refractivity contribution < 1.29 is 0 Å². The molecule has 1 N–H and O–H groups in total. The van der Waals surface area contributed by atoms with Gasteiger partial charge in [-0.2, -0.15) is 0 Å². The van der Waals surface area contributed by atoms with Gasteiger partial charge in [0.05, 0.1) is 0 Å². The molecule has 1 heteroatoms. The fourth-order valence-corrected chi connectivity index (χ4v) is 3.34. The van der Waals surface area contributed by atoms with Crippen molar-refractivity contribution in [3.8, 4) is 0 Å². The minimum Gasteiger partial charge on any atom is -0.310 e. The zero-order valence-electron chi connectivity index (χ0n) is 12.4. The Kier molecular flexibility index (Phi) is 3.93. The molecule has 104 valence electrons. The third kappa shape index (κ3) is 3.39. The van der Waals surface area contributed by atoms with E-state index in [4.69, 9.17) is 0 Å². The maximum Gasteiger partial charge on any atom is 0.0317 e. The summed E-state index contributed by atoms with van der Waals surface area (Å²) in [6, 6.07) is 9.60. The third-order valence-corrected chi connectivity index (χ3v) is 4.94.